The van der Waals surface area contributed by atoms with E-state index in [-0.39, 0.29) is 0 Å². The molecule has 1 saturated heterocycles. The fourth-order valence-corrected chi connectivity index (χ4v) is 2.66. The van der Waals surface area contributed by atoms with Crippen LogP contribution in [0.5, 0.6) is 5.75 Å². The van der Waals surface area contributed by atoms with Gasteiger partial charge in [-0.15, -0.1) is 0 Å². The number of nitrogens with two attached hydrogens (primary N) is 1. The van der Waals surface area contributed by atoms with Crippen LogP contribution >= 0.6 is 11.6 Å². The van der Waals surface area contributed by atoms with Gasteiger partial charge < -0.3 is 15.4 Å². The Labute approximate surface area is 114 Å². The molecule has 2 rings (SSSR count). The van der Waals surface area contributed by atoms with Crippen molar-refractivity contribution in [1.29, 1.82) is 0 Å². The molecule has 100 valence electrons. The molecule has 1 atom stereocenters. The van der Waals surface area contributed by atoms with Crippen LogP contribution in [0.1, 0.15) is 18.4 Å². The highest BCUT2D eigenvalue weighted by atomic mass is 35.5. The van der Waals surface area contributed by atoms with Crippen LogP contribution in [0.25, 0.3) is 0 Å². The summed E-state index contributed by atoms with van der Waals surface area (Å²) >= 11 is 6.16. The summed E-state index contributed by atoms with van der Waals surface area (Å²) in [4.78, 5) is 2.36. The molecule has 0 spiro atoms. The van der Waals surface area contributed by atoms with Crippen LogP contribution in [0.15, 0.2) is 18.2 Å². The van der Waals surface area contributed by atoms with Crippen LogP contribution in [-0.4, -0.2) is 31.6 Å². The zero-order chi connectivity index (χ0) is 13.0. The highest BCUT2D eigenvalue weighted by molar-refractivity contribution is 6.32. The van der Waals surface area contributed by atoms with Crippen molar-refractivity contribution in [2.24, 2.45) is 11.7 Å². The molecule has 0 aliphatic carbocycles. The number of hydrogen-bond donors (Lipinski definition) is 1. The van der Waals surface area contributed by atoms with Crippen molar-refractivity contribution in [3.8, 4) is 5.75 Å². The molecule has 3 nitrogen and oxygen atoms in total. The van der Waals surface area contributed by atoms with Crippen molar-refractivity contribution >= 4 is 11.6 Å². The second kappa shape index (κ2) is 6.41. The number of likely N-dealkylation sites (tertiary alicyclic amines) is 1. The van der Waals surface area contributed by atoms with Gasteiger partial charge in [0, 0.05) is 19.0 Å². The van der Waals surface area contributed by atoms with E-state index in [1.807, 2.05) is 18.2 Å². The van der Waals surface area contributed by atoms with Gasteiger partial charge in [-0.2, -0.15) is 0 Å². The first-order valence-electron chi connectivity index (χ1n) is 6.49. The molecular formula is C14H21ClN2O. The Morgan fingerprint density at radius 3 is 3.00 bits per heavy atom. The van der Waals surface area contributed by atoms with Gasteiger partial charge in [0.2, 0.25) is 0 Å². The van der Waals surface area contributed by atoms with E-state index in [1.165, 1.54) is 19.4 Å². The number of nitrogens with zero attached hydrogens (tertiary/aromatic N) is 1. The summed E-state index contributed by atoms with van der Waals surface area (Å²) in [5, 5.41) is 0.655. The molecule has 1 aliphatic rings. The number of piperidine rings is 1. The van der Waals surface area contributed by atoms with Crippen LogP contribution < -0.4 is 10.5 Å². The summed E-state index contributed by atoms with van der Waals surface area (Å²) < 4.78 is 5.82. The van der Waals surface area contributed by atoms with E-state index in [0.29, 0.717) is 17.5 Å². The average molecular weight is 269 g/mol. The molecule has 1 aromatic carbocycles. The largest absolute Gasteiger partial charge is 0.492 e. The molecule has 0 bridgehead atoms. The van der Waals surface area contributed by atoms with Crippen molar-refractivity contribution in [3.05, 3.63) is 28.8 Å². The van der Waals surface area contributed by atoms with Gasteiger partial charge >= 0.3 is 0 Å². The van der Waals surface area contributed by atoms with Gasteiger partial charge in [-0.3, -0.25) is 0 Å². The van der Waals surface area contributed by atoms with Gasteiger partial charge in [0.15, 0.2) is 0 Å². The SMILES string of the molecule is CN1CCCC(COc2ccc(CN)cc2Cl)C1. The van der Waals surface area contributed by atoms with Gasteiger partial charge in [-0.05, 0) is 44.1 Å². The molecule has 0 aromatic heterocycles. The molecule has 1 aliphatic heterocycles. The van der Waals surface area contributed by atoms with Gasteiger partial charge in [-0.25, -0.2) is 0 Å². The predicted octanol–water partition coefficient (Wildman–Crippen LogP) is 2.52. The van der Waals surface area contributed by atoms with E-state index in [9.17, 15) is 0 Å². The van der Waals surface area contributed by atoms with Crippen LogP contribution in [0, 0.1) is 5.92 Å². The zero-order valence-corrected chi connectivity index (χ0v) is 11.6. The van der Waals surface area contributed by atoms with Crippen LogP contribution in [0.3, 0.4) is 0 Å². The lowest BCUT2D eigenvalue weighted by Crippen LogP contribution is -2.34. The summed E-state index contributed by atoms with van der Waals surface area (Å²) in [6, 6.07) is 5.76. The topological polar surface area (TPSA) is 38.5 Å². The molecule has 4 heteroatoms. The minimum atomic E-state index is 0.507. The predicted molar refractivity (Wildman–Crippen MR) is 75.1 cm³/mol. The van der Waals surface area contributed by atoms with Gasteiger partial charge in [-0.1, -0.05) is 17.7 Å². The third-order valence-electron chi connectivity index (χ3n) is 3.43. The second-order valence-electron chi connectivity index (χ2n) is 5.05. The molecule has 0 amide bonds. The van der Waals surface area contributed by atoms with Gasteiger partial charge in [0.05, 0.1) is 11.6 Å². The molecule has 1 fully saturated rings. The van der Waals surface area contributed by atoms with Crippen molar-refractivity contribution in [2.45, 2.75) is 19.4 Å². The summed E-state index contributed by atoms with van der Waals surface area (Å²) in [5.41, 5.74) is 6.60. The first-order chi connectivity index (χ1) is 8.69. The Kier molecular flexibility index (Phi) is 4.87. The maximum Gasteiger partial charge on any atom is 0.137 e. The smallest absolute Gasteiger partial charge is 0.137 e. The summed E-state index contributed by atoms with van der Waals surface area (Å²) in [7, 11) is 2.16. The van der Waals surface area contributed by atoms with E-state index in [4.69, 9.17) is 22.1 Å². The third kappa shape index (κ3) is 3.61. The molecule has 0 saturated carbocycles. The molecule has 2 N–H and O–H groups in total. The maximum absolute atomic E-state index is 6.16. The highest BCUT2D eigenvalue weighted by Crippen LogP contribution is 2.26. The van der Waals surface area contributed by atoms with Gasteiger partial charge in [0.1, 0.15) is 5.75 Å². The van der Waals surface area contributed by atoms with Gasteiger partial charge in [0.25, 0.3) is 0 Å². The van der Waals surface area contributed by atoms with E-state index in [1.54, 1.807) is 0 Å². The fourth-order valence-electron chi connectivity index (χ4n) is 2.41. The summed E-state index contributed by atoms with van der Waals surface area (Å²) in [6.45, 7) is 3.56. The second-order valence-corrected chi connectivity index (χ2v) is 5.46. The standard InChI is InChI=1S/C14H21ClN2O/c1-17-6-2-3-12(9-17)10-18-14-5-4-11(8-16)7-13(14)15/h4-5,7,12H,2-3,6,8-10,16H2,1H3. The molecule has 18 heavy (non-hydrogen) atoms. The number of benzene rings is 1. The van der Waals surface area contributed by atoms with Crippen molar-refractivity contribution in [2.75, 3.05) is 26.7 Å². The minimum absolute atomic E-state index is 0.507. The van der Waals surface area contributed by atoms with Crippen LogP contribution in [0.2, 0.25) is 5.02 Å². The monoisotopic (exact) mass is 268 g/mol. The quantitative estimate of drug-likeness (QED) is 0.912. The van der Waals surface area contributed by atoms with E-state index >= 15 is 0 Å². The van der Waals surface area contributed by atoms with E-state index in [0.717, 1.165) is 24.5 Å². The lowest BCUT2D eigenvalue weighted by atomic mass is 10.00. The Hall–Kier alpha value is -0.770. The zero-order valence-electron chi connectivity index (χ0n) is 10.9. The van der Waals surface area contributed by atoms with E-state index < -0.39 is 0 Å². The van der Waals surface area contributed by atoms with Crippen LogP contribution in [0.4, 0.5) is 0 Å². The molecule has 1 unspecified atom stereocenters. The minimum Gasteiger partial charge on any atom is -0.492 e. The summed E-state index contributed by atoms with van der Waals surface area (Å²) in [6.07, 6.45) is 2.49. The Balaban J connectivity index is 1.89. The lowest BCUT2D eigenvalue weighted by molar-refractivity contribution is 0.150. The first-order valence-corrected chi connectivity index (χ1v) is 6.86. The van der Waals surface area contributed by atoms with Crippen LogP contribution in [-0.2, 0) is 6.54 Å². The molecular weight excluding hydrogens is 248 g/mol. The Morgan fingerprint density at radius 2 is 2.33 bits per heavy atom. The average Bonchev–Trinajstić information content (AvgIpc) is 2.37. The number of rotatable bonds is 4. The normalized spacial score (nSPS) is 20.9. The first kappa shape index (κ1) is 13.7. The van der Waals surface area contributed by atoms with Crippen molar-refractivity contribution < 1.29 is 4.74 Å². The number of ether oxygens (including phenoxy) is 1. The summed E-state index contributed by atoms with van der Waals surface area (Å²) in [5.74, 6) is 1.37. The Bertz CT molecular complexity index is 397. The lowest BCUT2D eigenvalue weighted by Gasteiger charge is -2.29. The molecule has 0 radical (unpaired) electrons. The maximum atomic E-state index is 6.16. The van der Waals surface area contributed by atoms with Crippen molar-refractivity contribution in [3.63, 3.8) is 0 Å². The molecule has 1 aromatic rings. The molecule has 1 heterocycles. The number of halogens is 1. The fraction of sp³-hybridized carbons (Fsp3) is 0.571. The Morgan fingerprint density at radius 1 is 1.50 bits per heavy atom. The van der Waals surface area contributed by atoms with E-state index in [2.05, 4.69) is 11.9 Å². The van der Waals surface area contributed by atoms with Crippen molar-refractivity contribution in [1.82, 2.24) is 4.90 Å². The third-order valence-corrected chi connectivity index (χ3v) is 3.72. The highest BCUT2D eigenvalue weighted by Gasteiger charge is 2.18. The number of hydrogen-bond acceptors (Lipinski definition) is 3.